The molecule has 3 heterocycles. The van der Waals surface area contributed by atoms with E-state index in [0.29, 0.717) is 18.5 Å². The predicted molar refractivity (Wildman–Crippen MR) is 107 cm³/mol. The lowest BCUT2D eigenvalue weighted by atomic mass is 9.66. The van der Waals surface area contributed by atoms with Gasteiger partial charge in [0.25, 0.3) is 5.91 Å². The number of fused-ring (bicyclic) bond motifs is 2. The lowest BCUT2D eigenvalue weighted by Gasteiger charge is -2.52. The van der Waals surface area contributed by atoms with Crippen LogP contribution in [0.25, 0.3) is 5.52 Å². The number of aromatic nitrogens is 2. The zero-order chi connectivity index (χ0) is 20.0. The van der Waals surface area contributed by atoms with Gasteiger partial charge in [0, 0.05) is 24.7 Å². The van der Waals surface area contributed by atoms with Crippen LogP contribution < -0.4 is 0 Å². The molecule has 2 aliphatic rings. The van der Waals surface area contributed by atoms with Crippen LogP contribution in [0, 0.1) is 11.7 Å². The van der Waals surface area contributed by atoms with Crippen LogP contribution >= 0.6 is 0 Å². The number of carbonyl (C=O) groups excluding carboxylic acids is 1. The highest BCUT2D eigenvalue weighted by Gasteiger charge is 2.50. The number of carbonyl (C=O) groups is 1. The molecule has 0 bridgehead atoms. The van der Waals surface area contributed by atoms with Crippen LogP contribution in [0.3, 0.4) is 0 Å². The fourth-order valence-corrected chi connectivity index (χ4v) is 5.29. The van der Waals surface area contributed by atoms with Crippen molar-refractivity contribution in [2.24, 2.45) is 5.92 Å². The first-order valence-corrected chi connectivity index (χ1v) is 10.3. The third kappa shape index (κ3) is 2.85. The summed E-state index contributed by atoms with van der Waals surface area (Å²) in [4.78, 5) is 19.5. The van der Waals surface area contributed by atoms with E-state index < -0.39 is 11.4 Å². The number of pyridine rings is 1. The Bertz CT molecular complexity index is 1050. The number of halogens is 1. The topological polar surface area (TPSA) is 57.8 Å². The number of imidazole rings is 1. The summed E-state index contributed by atoms with van der Waals surface area (Å²) in [6.45, 7) is 0.454. The van der Waals surface area contributed by atoms with Crippen molar-refractivity contribution in [2.75, 3.05) is 6.54 Å². The molecule has 3 atom stereocenters. The number of hydrogen-bond donors (Lipinski definition) is 1. The highest BCUT2D eigenvalue weighted by Crippen LogP contribution is 2.47. The number of aliphatic hydroxyl groups is 1. The third-order valence-corrected chi connectivity index (χ3v) is 6.72. The molecule has 5 rings (SSSR count). The van der Waals surface area contributed by atoms with Crippen LogP contribution in [0.4, 0.5) is 4.39 Å². The minimum absolute atomic E-state index is 0.0145. The average molecular weight is 393 g/mol. The smallest absolute Gasteiger partial charge is 0.290 e. The Balaban J connectivity index is 1.50. The van der Waals surface area contributed by atoms with Gasteiger partial charge in [0.2, 0.25) is 5.82 Å². The number of amides is 1. The largest absolute Gasteiger partial charge is 0.385 e. The molecule has 1 saturated carbocycles. The Morgan fingerprint density at radius 1 is 1.14 bits per heavy atom. The molecule has 1 aliphatic heterocycles. The highest BCUT2D eigenvalue weighted by atomic mass is 19.1. The maximum Gasteiger partial charge on any atom is 0.290 e. The van der Waals surface area contributed by atoms with Gasteiger partial charge < -0.3 is 10.0 Å². The number of rotatable bonds is 2. The monoisotopic (exact) mass is 393 g/mol. The maximum absolute atomic E-state index is 14.0. The number of benzene rings is 1. The first-order chi connectivity index (χ1) is 14.1. The van der Waals surface area contributed by atoms with E-state index in [1.807, 2.05) is 35.2 Å². The minimum atomic E-state index is -0.927. The molecule has 29 heavy (non-hydrogen) atoms. The lowest BCUT2D eigenvalue weighted by molar-refractivity contribution is -0.110. The molecule has 1 N–H and O–H groups in total. The molecule has 0 spiro atoms. The SMILES string of the molecule is O=C(c1ncc2c(F)cccn12)N1CCC(O)(c2ccccc2)[C@@H]2CCCC[C@@H]21. The molecule has 150 valence electrons. The molecule has 1 amide bonds. The van der Waals surface area contributed by atoms with Gasteiger partial charge in [-0.15, -0.1) is 0 Å². The van der Waals surface area contributed by atoms with E-state index >= 15 is 0 Å². The number of hydrogen-bond acceptors (Lipinski definition) is 3. The standard InChI is InChI=1S/C23H24FN3O2/c24-18-10-6-13-26-20(18)15-25-21(26)22(28)27-14-12-23(29,16-7-2-1-3-8-16)17-9-4-5-11-19(17)27/h1-3,6-8,10,13,15,17,19,29H,4-5,9,11-12,14H2/t17-,19+,23?/m1/s1. The molecule has 1 unspecified atom stereocenters. The van der Waals surface area contributed by atoms with E-state index in [0.717, 1.165) is 31.2 Å². The van der Waals surface area contributed by atoms with Crippen molar-refractivity contribution in [2.45, 2.75) is 43.7 Å². The molecule has 2 fully saturated rings. The van der Waals surface area contributed by atoms with Crippen molar-refractivity contribution in [3.63, 3.8) is 0 Å². The van der Waals surface area contributed by atoms with Gasteiger partial charge in [0.15, 0.2) is 0 Å². The van der Waals surface area contributed by atoms with Crippen LogP contribution in [-0.2, 0) is 5.60 Å². The summed E-state index contributed by atoms with van der Waals surface area (Å²) >= 11 is 0. The Kier molecular flexibility index (Phi) is 4.39. The first-order valence-electron chi connectivity index (χ1n) is 10.3. The lowest BCUT2D eigenvalue weighted by Crippen LogP contribution is -2.59. The molecule has 1 saturated heterocycles. The van der Waals surface area contributed by atoms with Crippen LogP contribution in [0.1, 0.15) is 48.3 Å². The van der Waals surface area contributed by atoms with Gasteiger partial charge >= 0.3 is 0 Å². The molecule has 0 radical (unpaired) electrons. The van der Waals surface area contributed by atoms with Crippen molar-refractivity contribution in [1.29, 1.82) is 0 Å². The predicted octanol–water partition coefficient (Wildman–Crippen LogP) is 3.77. The number of piperidine rings is 1. The molecule has 6 heteroatoms. The fourth-order valence-electron chi connectivity index (χ4n) is 5.29. The molecule has 5 nitrogen and oxygen atoms in total. The van der Waals surface area contributed by atoms with Gasteiger partial charge in [-0.1, -0.05) is 43.2 Å². The normalized spacial score (nSPS) is 27.0. The van der Waals surface area contributed by atoms with Crippen LogP contribution in [0.15, 0.2) is 54.9 Å². The summed E-state index contributed by atoms with van der Waals surface area (Å²) in [6, 6.07) is 12.7. The average Bonchev–Trinajstić information content (AvgIpc) is 3.20. The van der Waals surface area contributed by atoms with Gasteiger partial charge in [-0.25, -0.2) is 9.37 Å². The van der Waals surface area contributed by atoms with E-state index in [4.69, 9.17) is 0 Å². The Labute approximate surface area is 168 Å². The quantitative estimate of drug-likeness (QED) is 0.721. The molecule has 3 aromatic rings. The Morgan fingerprint density at radius 2 is 1.93 bits per heavy atom. The van der Waals surface area contributed by atoms with E-state index in [1.165, 1.54) is 16.7 Å². The van der Waals surface area contributed by atoms with E-state index in [-0.39, 0.29) is 23.7 Å². The van der Waals surface area contributed by atoms with Crippen molar-refractivity contribution in [3.05, 3.63) is 72.1 Å². The Hall–Kier alpha value is -2.73. The zero-order valence-corrected chi connectivity index (χ0v) is 16.2. The second kappa shape index (κ2) is 6.95. The van der Waals surface area contributed by atoms with Crippen LogP contribution in [-0.4, -0.2) is 37.9 Å². The maximum atomic E-state index is 14.0. The molecular weight excluding hydrogens is 369 g/mol. The molecular formula is C23H24FN3O2. The van der Waals surface area contributed by atoms with Gasteiger partial charge in [0.1, 0.15) is 11.3 Å². The minimum Gasteiger partial charge on any atom is -0.385 e. The molecule has 1 aliphatic carbocycles. The summed E-state index contributed by atoms with van der Waals surface area (Å²) in [5.74, 6) is -0.373. The van der Waals surface area contributed by atoms with Gasteiger partial charge in [0.05, 0.1) is 11.8 Å². The summed E-state index contributed by atoms with van der Waals surface area (Å²) in [7, 11) is 0. The number of likely N-dealkylation sites (tertiary alicyclic amines) is 1. The van der Waals surface area contributed by atoms with Crippen molar-refractivity contribution < 1.29 is 14.3 Å². The number of nitrogens with zero attached hydrogens (tertiary/aromatic N) is 3. The second-order valence-electron chi connectivity index (χ2n) is 8.19. The van der Waals surface area contributed by atoms with E-state index in [2.05, 4.69) is 4.98 Å². The molecule has 2 aromatic heterocycles. The van der Waals surface area contributed by atoms with Gasteiger partial charge in [-0.05, 0) is 37.0 Å². The zero-order valence-electron chi connectivity index (χ0n) is 16.2. The summed E-state index contributed by atoms with van der Waals surface area (Å²) in [5, 5.41) is 11.7. The van der Waals surface area contributed by atoms with E-state index in [9.17, 15) is 14.3 Å². The van der Waals surface area contributed by atoms with E-state index in [1.54, 1.807) is 12.3 Å². The van der Waals surface area contributed by atoms with Crippen molar-refractivity contribution >= 4 is 11.4 Å². The highest BCUT2D eigenvalue weighted by molar-refractivity contribution is 5.92. The summed E-state index contributed by atoms with van der Waals surface area (Å²) in [5.41, 5.74) is 0.301. The Morgan fingerprint density at radius 3 is 2.76 bits per heavy atom. The third-order valence-electron chi connectivity index (χ3n) is 6.72. The van der Waals surface area contributed by atoms with Crippen LogP contribution in [0.5, 0.6) is 0 Å². The molecule has 1 aromatic carbocycles. The first kappa shape index (κ1) is 18.3. The fraction of sp³-hybridized carbons (Fsp3) is 0.391. The van der Waals surface area contributed by atoms with Crippen molar-refractivity contribution in [3.8, 4) is 0 Å². The van der Waals surface area contributed by atoms with Gasteiger partial charge in [-0.2, -0.15) is 0 Å². The van der Waals surface area contributed by atoms with Crippen molar-refractivity contribution in [1.82, 2.24) is 14.3 Å². The second-order valence-corrected chi connectivity index (χ2v) is 8.19. The van der Waals surface area contributed by atoms with Gasteiger partial charge in [-0.3, -0.25) is 9.20 Å². The summed E-state index contributed by atoms with van der Waals surface area (Å²) < 4.78 is 15.6. The summed E-state index contributed by atoms with van der Waals surface area (Å²) in [6.07, 6.45) is 7.40. The van der Waals surface area contributed by atoms with Crippen LogP contribution in [0.2, 0.25) is 0 Å².